The number of hydrogen-bond acceptors (Lipinski definition) is 4. The molecule has 1 aliphatic heterocycles. The molecule has 1 saturated heterocycles. The highest BCUT2D eigenvalue weighted by Crippen LogP contribution is 2.38. The van der Waals surface area contributed by atoms with Crippen LogP contribution in [0.2, 0.25) is 0 Å². The van der Waals surface area contributed by atoms with E-state index in [0.29, 0.717) is 12.8 Å². The van der Waals surface area contributed by atoms with Crippen molar-refractivity contribution in [3.05, 3.63) is 71.8 Å². The third-order valence-corrected chi connectivity index (χ3v) is 5.77. The van der Waals surface area contributed by atoms with Gasteiger partial charge in [-0.3, -0.25) is 9.69 Å². The predicted octanol–water partition coefficient (Wildman–Crippen LogP) is 4.19. The molecule has 1 heterocycles. The molecule has 2 aromatic carbocycles. The monoisotopic (exact) mass is 448 g/mol. The summed E-state index contributed by atoms with van der Waals surface area (Å²) in [5, 5.41) is 1.99. The molecule has 5 nitrogen and oxygen atoms in total. The Hall–Kier alpha value is -2.87. The van der Waals surface area contributed by atoms with E-state index in [4.69, 9.17) is 4.74 Å². The average molecular weight is 448 g/mol. The van der Waals surface area contributed by atoms with E-state index in [1.807, 2.05) is 35.6 Å². The Morgan fingerprint density at radius 2 is 1.56 bits per heavy atom. The van der Waals surface area contributed by atoms with Crippen molar-refractivity contribution in [2.45, 2.75) is 38.0 Å². The molecule has 8 heteroatoms. The van der Waals surface area contributed by atoms with Crippen molar-refractivity contribution in [1.29, 1.82) is 0 Å². The van der Waals surface area contributed by atoms with Gasteiger partial charge >= 0.3 is 12.1 Å². The van der Waals surface area contributed by atoms with Gasteiger partial charge in [-0.25, -0.2) is 4.79 Å². The summed E-state index contributed by atoms with van der Waals surface area (Å²) in [5.74, 6) is -2.31. The lowest BCUT2D eigenvalue weighted by Crippen LogP contribution is -2.74. The smallest absolute Gasteiger partial charge is 0.436 e. The number of rotatable bonds is 7. The fraction of sp³-hybridized carbons (Fsp3) is 0.417. The summed E-state index contributed by atoms with van der Waals surface area (Å²) in [5.41, 5.74) is -2.09. The molecular formula is C24H27F3N2O3. The van der Waals surface area contributed by atoms with Gasteiger partial charge in [0.25, 0.3) is 11.6 Å². The molecule has 0 saturated carbocycles. The van der Waals surface area contributed by atoms with Gasteiger partial charge in [0.05, 0.1) is 6.61 Å². The number of benzene rings is 2. The Kier molecular flexibility index (Phi) is 7.56. The number of hydrogen-bond donors (Lipinski definition) is 1. The second-order valence-corrected chi connectivity index (χ2v) is 7.87. The molecule has 0 bridgehead atoms. The number of alkyl halides is 3. The Labute approximate surface area is 185 Å². The second-order valence-electron chi connectivity index (χ2n) is 7.87. The number of nitrogens with zero attached hydrogens (tertiary/aromatic N) is 1. The van der Waals surface area contributed by atoms with E-state index in [9.17, 15) is 22.8 Å². The third kappa shape index (κ3) is 5.12. The van der Waals surface area contributed by atoms with Gasteiger partial charge in [0.1, 0.15) is 0 Å². The molecule has 0 aromatic heterocycles. The molecule has 172 valence electrons. The van der Waals surface area contributed by atoms with Gasteiger partial charge < -0.3 is 10.1 Å². The fourth-order valence-electron chi connectivity index (χ4n) is 4.11. The maximum Gasteiger partial charge on any atom is 0.436 e. The quantitative estimate of drug-likeness (QED) is 0.646. The lowest BCUT2D eigenvalue weighted by molar-refractivity contribution is -0.249. The number of ether oxygens (including phenoxy) is 1. The van der Waals surface area contributed by atoms with E-state index < -0.39 is 23.7 Å². The summed E-state index contributed by atoms with van der Waals surface area (Å²) in [6.45, 7) is 1.21. The first-order valence-electron chi connectivity index (χ1n) is 10.7. The van der Waals surface area contributed by atoms with Crippen LogP contribution in [0.3, 0.4) is 0 Å². The molecule has 3 rings (SSSR count). The average Bonchev–Trinajstić information content (AvgIpc) is 2.78. The Morgan fingerprint density at radius 3 is 2.09 bits per heavy atom. The highest BCUT2D eigenvalue weighted by Gasteiger charge is 2.66. The van der Waals surface area contributed by atoms with Crippen molar-refractivity contribution in [2.75, 3.05) is 19.7 Å². The van der Waals surface area contributed by atoms with Crippen LogP contribution < -0.4 is 5.32 Å². The van der Waals surface area contributed by atoms with Crippen molar-refractivity contribution >= 4 is 11.9 Å². The van der Waals surface area contributed by atoms with Crippen LogP contribution in [-0.4, -0.2) is 48.3 Å². The highest BCUT2D eigenvalue weighted by atomic mass is 19.4. The van der Waals surface area contributed by atoms with Crippen molar-refractivity contribution in [1.82, 2.24) is 10.2 Å². The summed E-state index contributed by atoms with van der Waals surface area (Å²) >= 11 is 0. The molecular weight excluding hydrogens is 421 g/mol. The van der Waals surface area contributed by atoms with E-state index in [-0.39, 0.29) is 31.2 Å². The molecule has 0 unspecified atom stereocenters. The predicted molar refractivity (Wildman–Crippen MR) is 114 cm³/mol. The maximum absolute atomic E-state index is 14.5. The van der Waals surface area contributed by atoms with E-state index >= 15 is 0 Å². The highest BCUT2D eigenvalue weighted by molar-refractivity contribution is 5.98. The minimum Gasteiger partial charge on any atom is -0.463 e. The zero-order valence-corrected chi connectivity index (χ0v) is 17.9. The molecule has 1 N–H and O–H groups in total. The number of halogens is 3. The number of likely N-dealkylation sites (tertiary alicyclic amines) is 1. The van der Waals surface area contributed by atoms with Gasteiger partial charge in [-0.1, -0.05) is 48.5 Å². The number of carbonyl (C=O) groups excluding carboxylic acids is 2. The first kappa shape index (κ1) is 23.8. The van der Waals surface area contributed by atoms with Gasteiger partial charge in [0.15, 0.2) is 0 Å². The summed E-state index contributed by atoms with van der Waals surface area (Å²) in [4.78, 5) is 26.5. The SMILES string of the molecule is CCOC(=O)[C@](NC(=O)c1ccccc1)(N1CCC(Cc2ccccc2)CC1)C(F)(F)F. The lowest BCUT2D eigenvalue weighted by atomic mass is 9.88. The Balaban J connectivity index is 1.85. The minimum absolute atomic E-state index is 0.00486. The summed E-state index contributed by atoms with van der Waals surface area (Å²) in [6, 6.07) is 17.3. The second kappa shape index (κ2) is 10.2. The van der Waals surface area contributed by atoms with Gasteiger partial charge in [-0.05, 0) is 49.8 Å². The molecule has 32 heavy (non-hydrogen) atoms. The Bertz CT molecular complexity index is 898. The number of esters is 1. The van der Waals surface area contributed by atoms with Crippen LogP contribution in [0.1, 0.15) is 35.7 Å². The zero-order chi connectivity index (χ0) is 23.2. The van der Waals surface area contributed by atoms with Gasteiger partial charge in [-0.15, -0.1) is 0 Å². The summed E-state index contributed by atoms with van der Waals surface area (Å²) < 4.78 is 48.3. The minimum atomic E-state index is -5.07. The number of piperidine rings is 1. The van der Waals surface area contributed by atoms with E-state index in [0.717, 1.165) is 16.9 Å². The lowest BCUT2D eigenvalue weighted by Gasteiger charge is -2.45. The molecule has 1 aliphatic rings. The maximum atomic E-state index is 14.5. The van der Waals surface area contributed by atoms with Crippen molar-refractivity contribution in [2.24, 2.45) is 5.92 Å². The number of carbonyl (C=O) groups is 2. The first-order chi connectivity index (χ1) is 15.3. The van der Waals surface area contributed by atoms with Gasteiger partial charge in [-0.2, -0.15) is 13.2 Å². The van der Waals surface area contributed by atoms with Crippen LogP contribution in [0.5, 0.6) is 0 Å². The normalized spacial score (nSPS) is 17.4. The van der Waals surface area contributed by atoms with Crippen LogP contribution in [0, 0.1) is 5.92 Å². The molecule has 0 aliphatic carbocycles. The number of amides is 1. The molecule has 1 fully saturated rings. The molecule has 1 amide bonds. The zero-order valence-electron chi connectivity index (χ0n) is 17.9. The summed E-state index contributed by atoms with van der Waals surface area (Å²) in [6.07, 6.45) is -3.39. The molecule has 0 radical (unpaired) electrons. The fourth-order valence-corrected chi connectivity index (χ4v) is 4.11. The third-order valence-electron chi connectivity index (χ3n) is 5.77. The Morgan fingerprint density at radius 1 is 1.00 bits per heavy atom. The standard InChI is InChI=1S/C24H27F3N2O3/c1-2-32-22(31)23(24(25,26)27,28-21(30)20-11-7-4-8-12-20)29-15-13-19(14-16-29)17-18-9-5-3-6-10-18/h3-12,19H,2,13-17H2,1H3,(H,28,30)/t23-/m0/s1. The van der Waals surface area contributed by atoms with Crippen LogP contribution >= 0.6 is 0 Å². The van der Waals surface area contributed by atoms with Crippen molar-refractivity contribution in [3.63, 3.8) is 0 Å². The number of nitrogens with one attached hydrogen (secondary N) is 1. The molecule has 1 atom stereocenters. The van der Waals surface area contributed by atoms with Gasteiger partial charge in [0.2, 0.25) is 0 Å². The molecule has 0 spiro atoms. The topological polar surface area (TPSA) is 58.6 Å². The van der Waals surface area contributed by atoms with E-state index in [1.54, 1.807) is 18.2 Å². The first-order valence-corrected chi connectivity index (χ1v) is 10.7. The van der Waals surface area contributed by atoms with E-state index in [1.165, 1.54) is 19.1 Å². The van der Waals surface area contributed by atoms with Crippen LogP contribution in [0.25, 0.3) is 0 Å². The van der Waals surface area contributed by atoms with Crippen molar-refractivity contribution in [3.8, 4) is 0 Å². The van der Waals surface area contributed by atoms with Gasteiger partial charge in [0, 0.05) is 18.7 Å². The van der Waals surface area contributed by atoms with Crippen LogP contribution in [0.4, 0.5) is 13.2 Å². The van der Waals surface area contributed by atoms with Crippen molar-refractivity contribution < 1.29 is 27.5 Å². The van der Waals surface area contributed by atoms with Crippen LogP contribution in [0.15, 0.2) is 60.7 Å². The van der Waals surface area contributed by atoms with E-state index in [2.05, 4.69) is 0 Å². The summed E-state index contributed by atoms with van der Waals surface area (Å²) in [7, 11) is 0. The largest absolute Gasteiger partial charge is 0.463 e. The molecule has 2 aromatic rings. The van der Waals surface area contributed by atoms with Crippen LogP contribution in [-0.2, 0) is 16.0 Å².